The van der Waals surface area contributed by atoms with Crippen LogP contribution in [0.15, 0.2) is 24.3 Å². The van der Waals surface area contributed by atoms with Gasteiger partial charge in [0.15, 0.2) is 0 Å². The fraction of sp³-hybridized carbons (Fsp3) is 0.429. The van der Waals surface area contributed by atoms with E-state index in [0.29, 0.717) is 5.56 Å². The van der Waals surface area contributed by atoms with Gasteiger partial charge in [0.2, 0.25) is 5.91 Å². The van der Waals surface area contributed by atoms with E-state index in [4.69, 9.17) is 5.26 Å². The molecule has 1 aliphatic rings. The molecular weight excluding hydrogens is 244 g/mol. The van der Waals surface area contributed by atoms with Crippen LogP contribution >= 0.6 is 11.8 Å². The van der Waals surface area contributed by atoms with E-state index in [0.717, 1.165) is 24.3 Å². The second-order valence-electron chi connectivity index (χ2n) is 4.41. The minimum absolute atomic E-state index is 0.0782. The fourth-order valence-electron chi connectivity index (χ4n) is 2.06. The smallest absolute Gasteiger partial charge is 0.239 e. The van der Waals surface area contributed by atoms with Gasteiger partial charge >= 0.3 is 0 Å². The number of carbonyl (C=O) groups is 1. The summed E-state index contributed by atoms with van der Waals surface area (Å²) in [6.45, 7) is 0. The van der Waals surface area contributed by atoms with Gasteiger partial charge in [-0.2, -0.15) is 5.26 Å². The topological polar surface area (TPSA) is 44.1 Å². The first-order chi connectivity index (χ1) is 8.72. The van der Waals surface area contributed by atoms with Gasteiger partial charge in [-0.05, 0) is 36.8 Å². The number of amides is 1. The predicted molar refractivity (Wildman–Crippen MR) is 74.7 cm³/mol. The molecule has 1 aromatic carbocycles. The maximum Gasteiger partial charge on any atom is 0.239 e. The third-order valence-corrected chi connectivity index (χ3v) is 4.51. The summed E-state index contributed by atoms with van der Waals surface area (Å²) < 4.78 is 0. The van der Waals surface area contributed by atoms with Crippen LogP contribution in [0.3, 0.4) is 0 Å². The number of hydrogen-bond acceptors (Lipinski definition) is 3. The van der Waals surface area contributed by atoms with Gasteiger partial charge in [0.05, 0.1) is 16.9 Å². The third kappa shape index (κ3) is 2.85. The number of carbonyl (C=O) groups excluding carboxylic acids is 1. The second kappa shape index (κ2) is 5.92. The van der Waals surface area contributed by atoms with Crippen molar-refractivity contribution in [3.8, 4) is 6.07 Å². The molecule has 1 aromatic rings. The van der Waals surface area contributed by atoms with E-state index in [1.165, 1.54) is 6.42 Å². The minimum Gasteiger partial charge on any atom is -0.314 e. The average molecular weight is 260 g/mol. The van der Waals surface area contributed by atoms with Crippen LogP contribution in [0.5, 0.6) is 0 Å². The average Bonchev–Trinajstić information content (AvgIpc) is 2.46. The molecule has 1 heterocycles. The minimum atomic E-state index is 0.0782. The Balaban J connectivity index is 2.12. The van der Waals surface area contributed by atoms with Crippen LogP contribution in [0.1, 0.15) is 24.8 Å². The van der Waals surface area contributed by atoms with Crippen molar-refractivity contribution in [2.24, 2.45) is 0 Å². The highest BCUT2D eigenvalue weighted by Gasteiger charge is 2.25. The molecule has 1 unspecified atom stereocenters. The predicted octanol–water partition coefficient (Wildman–Crippen LogP) is 2.81. The summed E-state index contributed by atoms with van der Waals surface area (Å²) in [7, 11) is 1.79. The van der Waals surface area contributed by atoms with E-state index in [-0.39, 0.29) is 11.2 Å². The van der Waals surface area contributed by atoms with Gasteiger partial charge in [0.25, 0.3) is 0 Å². The first kappa shape index (κ1) is 13.0. The molecule has 18 heavy (non-hydrogen) atoms. The summed E-state index contributed by atoms with van der Waals surface area (Å²) >= 11 is 1.75. The van der Waals surface area contributed by atoms with E-state index in [1.807, 2.05) is 12.1 Å². The van der Waals surface area contributed by atoms with E-state index < -0.39 is 0 Å². The molecule has 0 radical (unpaired) electrons. The number of nitriles is 1. The van der Waals surface area contributed by atoms with Crippen molar-refractivity contribution in [2.45, 2.75) is 24.5 Å². The first-order valence-electron chi connectivity index (χ1n) is 6.11. The van der Waals surface area contributed by atoms with Gasteiger partial charge < -0.3 is 4.90 Å². The molecular formula is C14H16N2OS. The Labute approximate surface area is 112 Å². The lowest BCUT2D eigenvalue weighted by molar-refractivity contribution is -0.118. The summed E-state index contributed by atoms with van der Waals surface area (Å²) in [6, 6.07) is 9.28. The van der Waals surface area contributed by atoms with E-state index in [2.05, 4.69) is 6.07 Å². The van der Waals surface area contributed by atoms with Crippen molar-refractivity contribution in [3.63, 3.8) is 0 Å². The zero-order chi connectivity index (χ0) is 13.0. The molecule has 1 amide bonds. The van der Waals surface area contributed by atoms with Crippen LogP contribution in [-0.2, 0) is 4.79 Å². The normalized spacial score (nSPS) is 19.0. The summed E-state index contributed by atoms with van der Waals surface area (Å²) in [5.41, 5.74) is 1.38. The van der Waals surface area contributed by atoms with Crippen molar-refractivity contribution in [2.75, 3.05) is 17.7 Å². The lowest BCUT2D eigenvalue weighted by atomic mass is 10.1. The van der Waals surface area contributed by atoms with Crippen molar-refractivity contribution < 1.29 is 4.79 Å². The number of anilines is 1. The quantitative estimate of drug-likeness (QED) is 0.821. The highest BCUT2D eigenvalue weighted by Crippen LogP contribution is 2.28. The molecule has 0 spiro atoms. The molecule has 0 bridgehead atoms. The molecule has 3 nitrogen and oxygen atoms in total. The summed E-state index contributed by atoms with van der Waals surface area (Å²) in [5, 5.41) is 8.95. The molecule has 1 saturated heterocycles. The summed E-state index contributed by atoms with van der Waals surface area (Å²) in [6.07, 6.45) is 3.31. The SMILES string of the molecule is CN(C(=O)C1CCCCS1)c1cccc(C#N)c1. The summed E-state index contributed by atoms with van der Waals surface area (Å²) in [5.74, 6) is 1.22. The second-order valence-corrected chi connectivity index (χ2v) is 5.73. The van der Waals surface area contributed by atoms with Crippen molar-refractivity contribution in [1.82, 2.24) is 0 Å². The maximum absolute atomic E-state index is 12.3. The lowest BCUT2D eigenvalue weighted by Crippen LogP contribution is -2.36. The Bertz CT molecular complexity index is 475. The highest BCUT2D eigenvalue weighted by molar-refractivity contribution is 8.00. The molecule has 0 aliphatic carbocycles. The van der Waals surface area contributed by atoms with Gasteiger partial charge in [0, 0.05) is 12.7 Å². The lowest BCUT2D eigenvalue weighted by Gasteiger charge is -2.26. The Kier molecular flexibility index (Phi) is 4.27. The van der Waals surface area contributed by atoms with Gasteiger partial charge in [-0.3, -0.25) is 4.79 Å². The Hall–Kier alpha value is -1.47. The number of benzene rings is 1. The van der Waals surface area contributed by atoms with Crippen molar-refractivity contribution >= 4 is 23.4 Å². The molecule has 0 saturated carbocycles. The fourth-order valence-corrected chi connectivity index (χ4v) is 3.35. The maximum atomic E-state index is 12.3. The first-order valence-corrected chi connectivity index (χ1v) is 7.16. The van der Waals surface area contributed by atoms with Gasteiger partial charge in [-0.25, -0.2) is 0 Å². The Morgan fingerprint density at radius 2 is 2.33 bits per heavy atom. The number of nitrogens with zero attached hydrogens (tertiary/aromatic N) is 2. The number of hydrogen-bond donors (Lipinski definition) is 0. The van der Waals surface area contributed by atoms with Crippen molar-refractivity contribution in [1.29, 1.82) is 5.26 Å². The van der Waals surface area contributed by atoms with Crippen LogP contribution in [0.2, 0.25) is 0 Å². The zero-order valence-electron chi connectivity index (χ0n) is 10.4. The van der Waals surface area contributed by atoms with E-state index >= 15 is 0 Å². The number of thioether (sulfide) groups is 1. The molecule has 1 aliphatic heterocycles. The molecule has 1 atom stereocenters. The zero-order valence-corrected chi connectivity index (χ0v) is 11.2. The van der Waals surface area contributed by atoms with E-state index in [9.17, 15) is 4.79 Å². The van der Waals surface area contributed by atoms with Gasteiger partial charge in [-0.15, -0.1) is 11.8 Å². The van der Waals surface area contributed by atoms with E-state index in [1.54, 1.807) is 35.8 Å². The standard InChI is InChI=1S/C14H16N2OS/c1-16(12-6-4-5-11(9-12)10-15)14(17)13-7-2-3-8-18-13/h4-6,9,13H,2-3,7-8H2,1H3. The monoisotopic (exact) mass is 260 g/mol. The van der Waals surface area contributed by atoms with Crippen LogP contribution in [0.4, 0.5) is 5.69 Å². The molecule has 1 fully saturated rings. The highest BCUT2D eigenvalue weighted by atomic mass is 32.2. The van der Waals surface area contributed by atoms with Crippen LogP contribution in [-0.4, -0.2) is 24.0 Å². The van der Waals surface area contributed by atoms with Crippen LogP contribution in [0, 0.1) is 11.3 Å². The van der Waals surface area contributed by atoms with Gasteiger partial charge in [-0.1, -0.05) is 12.5 Å². The molecule has 4 heteroatoms. The molecule has 0 aromatic heterocycles. The van der Waals surface area contributed by atoms with Crippen molar-refractivity contribution in [3.05, 3.63) is 29.8 Å². The van der Waals surface area contributed by atoms with Gasteiger partial charge in [0.1, 0.15) is 0 Å². The Morgan fingerprint density at radius 3 is 3.00 bits per heavy atom. The number of rotatable bonds is 2. The van der Waals surface area contributed by atoms with Crippen LogP contribution < -0.4 is 4.90 Å². The Morgan fingerprint density at radius 1 is 1.50 bits per heavy atom. The molecule has 2 rings (SSSR count). The third-order valence-electron chi connectivity index (χ3n) is 3.15. The van der Waals surface area contributed by atoms with Crippen LogP contribution in [0.25, 0.3) is 0 Å². The molecule has 0 N–H and O–H groups in total. The largest absolute Gasteiger partial charge is 0.314 e. The summed E-state index contributed by atoms with van der Waals surface area (Å²) in [4.78, 5) is 14.0. The molecule has 94 valence electrons.